The van der Waals surface area contributed by atoms with Gasteiger partial charge in [-0.25, -0.2) is 9.69 Å². The van der Waals surface area contributed by atoms with E-state index in [0.717, 1.165) is 4.90 Å². The van der Waals surface area contributed by atoms with Crippen LogP contribution in [0.1, 0.15) is 34.6 Å². The zero-order valence-electron chi connectivity index (χ0n) is 20.6. The maximum absolute atomic E-state index is 13.2. The fourth-order valence-corrected chi connectivity index (χ4v) is 3.93. The third kappa shape index (κ3) is 5.68. The standard InChI is InChI=1S/C28H24ClN3O6/c1-3-37-22-13-11-19(12-14-22)31-25(33)17-7-5-9-20(15-17)30-24-23(29)26(34)32(27(24)35)21-10-6-8-18(16-21)28(36)38-4-2/h5-16,30H,3-4H2,1-2H3,(H,31,33). The van der Waals surface area contributed by atoms with E-state index < -0.39 is 17.8 Å². The molecular weight excluding hydrogens is 510 g/mol. The van der Waals surface area contributed by atoms with E-state index >= 15 is 0 Å². The predicted molar refractivity (Wildman–Crippen MR) is 143 cm³/mol. The molecular formula is C28H24ClN3O6. The first-order valence-corrected chi connectivity index (χ1v) is 12.2. The van der Waals surface area contributed by atoms with E-state index in [2.05, 4.69) is 10.6 Å². The van der Waals surface area contributed by atoms with Crippen LogP contribution < -0.4 is 20.3 Å². The van der Waals surface area contributed by atoms with Crippen molar-refractivity contribution in [1.29, 1.82) is 0 Å². The summed E-state index contributed by atoms with van der Waals surface area (Å²) in [5, 5.41) is 5.34. The fraction of sp³-hybridized carbons (Fsp3) is 0.143. The van der Waals surface area contributed by atoms with Crippen LogP contribution in [0.15, 0.2) is 83.5 Å². The molecule has 0 fully saturated rings. The molecule has 3 aromatic rings. The second-order valence-electron chi connectivity index (χ2n) is 8.02. The maximum atomic E-state index is 13.2. The van der Waals surface area contributed by atoms with Crippen LogP contribution in [0.25, 0.3) is 0 Å². The summed E-state index contributed by atoms with van der Waals surface area (Å²) < 4.78 is 10.4. The first-order valence-electron chi connectivity index (χ1n) is 11.8. The van der Waals surface area contributed by atoms with E-state index in [-0.39, 0.29) is 34.5 Å². The highest BCUT2D eigenvalue weighted by Gasteiger charge is 2.39. The third-order valence-electron chi connectivity index (χ3n) is 5.46. The van der Waals surface area contributed by atoms with Crippen molar-refractivity contribution in [1.82, 2.24) is 0 Å². The second kappa shape index (κ2) is 11.6. The van der Waals surface area contributed by atoms with Gasteiger partial charge in [-0.3, -0.25) is 14.4 Å². The largest absolute Gasteiger partial charge is 0.494 e. The van der Waals surface area contributed by atoms with E-state index in [9.17, 15) is 19.2 Å². The number of carbonyl (C=O) groups is 4. The van der Waals surface area contributed by atoms with Gasteiger partial charge in [0, 0.05) is 16.9 Å². The molecule has 0 unspecified atom stereocenters. The van der Waals surface area contributed by atoms with Gasteiger partial charge in [-0.2, -0.15) is 0 Å². The molecule has 3 amide bonds. The molecule has 0 aromatic heterocycles. The summed E-state index contributed by atoms with van der Waals surface area (Å²) in [6.45, 7) is 4.28. The molecule has 2 N–H and O–H groups in total. The van der Waals surface area contributed by atoms with Crippen LogP contribution in [0.3, 0.4) is 0 Å². The van der Waals surface area contributed by atoms with Crippen molar-refractivity contribution in [3.63, 3.8) is 0 Å². The lowest BCUT2D eigenvalue weighted by molar-refractivity contribution is -0.120. The van der Waals surface area contributed by atoms with Crippen molar-refractivity contribution in [3.8, 4) is 5.75 Å². The van der Waals surface area contributed by atoms with Crippen molar-refractivity contribution >= 4 is 52.4 Å². The molecule has 0 aliphatic carbocycles. The van der Waals surface area contributed by atoms with Gasteiger partial charge < -0.3 is 20.1 Å². The average molecular weight is 534 g/mol. The van der Waals surface area contributed by atoms with Gasteiger partial charge in [0.05, 0.1) is 24.5 Å². The normalized spacial score (nSPS) is 13.0. The number of ether oxygens (including phenoxy) is 2. The molecule has 38 heavy (non-hydrogen) atoms. The summed E-state index contributed by atoms with van der Waals surface area (Å²) in [5.74, 6) is -1.70. The van der Waals surface area contributed by atoms with Gasteiger partial charge in [0.25, 0.3) is 17.7 Å². The number of hydrogen-bond acceptors (Lipinski definition) is 7. The Morgan fingerprint density at radius 1 is 0.842 bits per heavy atom. The monoisotopic (exact) mass is 533 g/mol. The zero-order valence-corrected chi connectivity index (χ0v) is 21.4. The molecule has 3 aromatic carbocycles. The third-order valence-corrected chi connectivity index (χ3v) is 5.81. The minimum absolute atomic E-state index is 0.151. The van der Waals surface area contributed by atoms with Crippen molar-refractivity contribution in [2.45, 2.75) is 13.8 Å². The van der Waals surface area contributed by atoms with Gasteiger partial charge in [0.15, 0.2) is 0 Å². The Hall–Kier alpha value is -4.63. The number of imide groups is 1. The molecule has 0 atom stereocenters. The Morgan fingerprint density at radius 2 is 1.55 bits per heavy atom. The van der Waals surface area contributed by atoms with E-state index in [0.29, 0.717) is 29.3 Å². The quantitative estimate of drug-likeness (QED) is 0.295. The van der Waals surface area contributed by atoms with Gasteiger partial charge in [-0.1, -0.05) is 23.7 Å². The lowest BCUT2D eigenvalue weighted by Crippen LogP contribution is -2.32. The molecule has 0 saturated carbocycles. The lowest BCUT2D eigenvalue weighted by Gasteiger charge is -2.16. The minimum Gasteiger partial charge on any atom is -0.494 e. The Morgan fingerprint density at radius 3 is 2.26 bits per heavy atom. The number of hydrogen-bond donors (Lipinski definition) is 2. The zero-order chi connectivity index (χ0) is 27.2. The minimum atomic E-state index is -0.746. The number of rotatable bonds is 9. The number of esters is 1. The van der Waals surface area contributed by atoms with Gasteiger partial charge in [-0.05, 0) is 74.5 Å². The summed E-state index contributed by atoms with van der Waals surface area (Å²) in [4.78, 5) is 51.8. The Kier molecular flexibility index (Phi) is 8.08. The summed E-state index contributed by atoms with van der Waals surface area (Å²) in [6.07, 6.45) is 0. The maximum Gasteiger partial charge on any atom is 0.338 e. The first kappa shape index (κ1) is 26.4. The number of carbonyl (C=O) groups excluding carboxylic acids is 4. The predicted octanol–water partition coefficient (Wildman–Crippen LogP) is 4.95. The topological polar surface area (TPSA) is 114 Å². The molecule has 1 aliphatic heterocycles. The fourth-order valence-electron chi connectivity index (χ4n) is 3.72. The molecule has 0 bridgehead atoms. The number of amides is 3. The molecule has 1 heterocycles. The molecule has 4 rings (SSSR count). The Bertz CT molecular complexity index is 1430. The number of benzene rings is 3. The Balaban J connectivity index is 1.50. The van der Waals surface area contributed by atoms with Gasteiger partial charge in [-0.15, -0.1) is 0 Å². The molecule has 194 valence electrons. The van der Waals surface area contributed by atoms with Gasteiger partial charge in [0.1, 0.15) is 16.5 Å². The summed E-state index contributed by atoms with van der Waals surface area (Å²) in [5.41, 5.74) is 1.48. The van der Waals surface area contributed by atoms with Crippen LogP contribution in [-0.2, 0) is 14.3 Å². The summed E-state index contributed by atoms with van der Waals surface area (Å²) >= 11 is 6.24. The molecule has 0 radical (unpaired) electrons. The van der Waals surface area contributed by atoms with Crippen LogP contribution in [-0.4, -0.2) is 36.9 Å². The Labute approximate surface area is 224 Å². The van der Waals surface area contributed by atoms with E-state index in [4.69, 9.17) is 21.1 Å². The van der Waals surface area contributed by atoms with E-state index in [1.54, 1.807) is 49.4 Å². The number of anilines is 3. The van der Waals surface area contributed by atoms with Crippen molar-refractivity contribution in [2.75, 3.05) is 28.7 Å². The molecule has 10 heteroatoms. The van der Waals surface area contributed by atoms with Crippen LogP contribution >= 0.6 is 11.6 Å². The highest BCUT2D eigenvalue weighted by atomic mass is 35.5. The van der Waals surface area contributed by atoms with Crippen molar-refractivity contribution in [3.05, 3.63) is 94.7 Å². The molecule has 9 nitrogen and oxygen atoms in total. The number of halogens is 1. The smallest absolute Gasteiger partial charge is 0.338 e. The van der Waals surface area contributed by atoms with Gasteiger partial charge in [0.2, 0.25) is 0 Å². The lowest BCUT2D eigenvalue weighted by atomic mass is 10.1. The summed E-state index contributed by atoms with van der Waals surface area (Å²) in [6, 6.07) is 19.3. The SMILES string of the molecule is CCOC(=O)c1cccc(N2C(=O)C(Cl)=C(Nc3cccc(C(=O)Nc4ccc(OCC)cc4)c3)C2=O)c1. The first-order chi connectivity index (χ1) is 18.3. The van der Waals surface area contributed by atoms with E-state index in [1.807, 2.05) is 6.92 Å². The average Bonchev–Trinajstić information content (AvgIpc) is 3.13. The highest BCUT2D eigenvalue weighted by molar-refractivity contribution is 6.53. The van der Waals surface area contributed by atoms with Gasteiger partial charge >= 0.3 is 5.97 Å². The summed E-state index contributed by atoms with van der Waals surface area (Å²) in [7, 11) is 0. The highest BCUT2D eigenvalue weighted by Crippen LogP contribution is 2.31. The number of nitrogens with zero attached hydrogens (tertiary/aromatic N) is 1. The van der Waals surface area contributed by atoms with Crippen LogP contribution in [0.5, 0.6) is 5.75 Å². The van der Waals surface area contributed by atoms with Crippen molar-refractivity contribution in [2.24, 2.45) is 0 Å². The van der Waals surface area contributed by atoms with Crippen LogP contribution in [0, 0.1) is 0 Å². The second-order valence-corrected chi connectivity index (χ2v) is 8.40. The molecule has 1 aliphatic rings. The van der Waals surface area contributed by atoms with E-state index in [1.165, 1.54) is 30.3 Å². The molecule has 0 spiro atoms. The molecule has 0 saturated heterocycles. The number of nitrogens with one attached hydrogen (secondary N) is 2. The van der Waals surface area contributed by atoms with Crippen molar-refractivity contribution < 1.29 is 28.7 Å². The van der Waals surface area contributed by atoms with Crippen LogP contribution in [0.2, 0.25) is 0 Å². The van der Waals surface area contributed by atoms with Crippen LogP contribution in [0.4, 0.5) is 17.1 Å².